The van der Waals surface area contributed by atoms with Crippen molar-refractivity contribution in [3.05, 3.63) is 29.3 Å². The molecule has 1 aliphatic heterocycles. The first-order valence-electron chi connectivity index (χ1n) is 6.43. The van der Waals surface area contributed by atoms with Crippen LogP contribution in [0.25, 0.3) is 0 Å². The molecule has 3 nitrogen and oxygen atoms in total. The maximum absolute atomic E-state index is 9.15. The van der Waals surface area contributed by atoms with Crippen LogP contribution in [0.1, 0.15) is 37.8 Å². The monoisotopic (exact) mass is 244 g/mol. The number of anilines is 1. The third-order valence-corrected chi connectivity index (χ3v) is 3.46. The summed E-state index contributed by atoms with van der Waals surface area (Å²) in [7, 11) is 0. The topological polar surface area (TPSA) is 45.0 Å². The van der Waals surface area contributed by atoms with Crippen molar-refractivity contribution in [2.75, 3.05) is 11.9 Å². The van der Waals surface area contributed by atoms with Crippen LogP contribution < -0.4 is 5.32 Å². The minimum atomic E-state index is -0.00297. The van der Waals surface area contributed by atoms with Gasteiger partial charge in [-0.2, -0.15) is 5.26 Å². The molecule has 0 saturated carbocycles. The molecule has 0 aromatic heterocycles. The molecule has 18 heavy (non-hydrogen) atoms. The number of hydrogen-bond acceptors (Lipinski definition) is 3. The third-order valence-electron chi connectivity index (χ3n) is 3.46. The zero-order valence-electron chi connectivity index (χ0n) is 11.3. The van der Waals surface area contributed by atoms with Crippen LogP contribution in [0, 0.1) is 18.3 Å². The highest BCUT2D eigenvalue weighted by Gasteiger charge is 2.31. The Morgan fingerprint density at radius 2 is 2.28 bits per heavy atom. The first-order valence-corrected chi connectivity index (χ1v) is 6.43. The van der Waals surface area contributed by atoms with Gasteiger partial charge in [0.15, 0.2) is 0 Å². The molecule has 1 aromatic carbocycles. The summed E-state index contributed by atoms with van der Waals surface area (Å²) in [6, 6.07) is 8.13. The molecule has 0 spiro atoms. The second-order valence-electron chi connectivity index (χ2n) is 5.53. The summed E-state index contributed by atoms with van der Waals surface area (Å²) in [5, 5.41) is 12.5. The number of ether oxygens (including phenoxy) is 1. The normalized spacial score (nSPS) is 21.6. The van der Waals surface area contributed by atoms with Crippen LogP contribution in [0.15, 0.2) is 18.2 Å². The molecule has 2 rings (SSSR count). The second kappa shape index (κ2) is 4.99. The summed E-state index contributed by atoms with van der Waals surface area (Å²) in [6.07, 6.45) is 2.42. The maximum Gasteiger partial charge on any atom is 0.102 e. The molecular weight excluding hydrogens is 224 g/mol. The number of benzene rings is 1. The fourth-order valence-electron chi connectivity index (χ4n) is 2.41. The van der Waals surface area contributed by atoms with Crippen molar-refractivity contribution in [2.24, 2.45) is 0 Å². The van der Waals surface area contributed by atoms with E-state index in [0.717, 1.165) is 36.2 Å². The van der Waals surface area contributed by atoms with Gasteiger partial charge in [-0.05, 0) is 45.2 Å². The maximum atomic E-state index is 9.15. The fraction of sp³-hybridized carbons (Fsp3) is 0.533. The van der Waals surface area contributed by atoms with Crippen LogP contribution in [-0.2, 0) is 4.74 Å². The second-order valence-corrected chi connectivity index (χ2v) is 5.53. The van der Waals surface area contributed by atoms with Crippen molar-refractivity contribution >= 4 is 5.69 Å². The van der Waals surface area contributed by atoms with E-state index in [4.69, 9.17) is 10.00 Å². The largest absolute Gasteiger partial charge is 0.381 e. The Morgan fingerprint density at radius 1 is 1.50 bits per heavy atom. The lowest BCUT2D eigenvalue weighted by Crippen LogP contribution is -2.25. The Morgan fingerprint density at radius 3 is 2.89 bits per heavy atom. The summed E-state index contributed by atoms with van der Waals surface area (Å²) in [6.45, 7) is 6.97. The number of rotatable bonds is 3. The number of hydrogen-bond donors (Lipinski definition) is 1. The average Bonchev–Trinajstić information content (AvgIpc) is 2.66. The minimum Gasteiger partial charge on any atom is -0.381 e. The Kier molecular flexibility index (Phi) is 3.58. The van der Waals surface area contributed by atoms with E-state index in [1.165, 1.54) is 0 Å². The van der Waals surface area contributed by atoms with E-state index in [-0.39, 0.29) is 11.7 Å². The average molecular weight is 244 g/mol. The fourth-order valence-corrected chi connectivity index (χ4v) is 2.41. The van der Waals surface area contributed by atoms with Crippen molar-refractivity contribution in [1.29, 1.82) is 5.26 Å². The van der Waals surface area contributed by atoms with Gasteiger partial charge >= 0.3 is 0 Å². The van der Waals surface area contributed by atoms with Gasteiger partial charge < -0.3 is 10.1 Å². The van der Waals surface area contributed by atoms with Gasteiger partial charge in [-0.25, -0.2) is 0 Å². The SMILES string of the molecule is Cc1cccc(NCC2CCC(C)(C)O2)c1C#N. The molecule has 1 N–H and O–H groups in total. The molecule has 1 saturated heterocycles. The first kappa shape index (κ1) is 12.9. The molecule has 1 fully saturated rings. The predicted molar refractivity (Wildman–Crippen MR) is 72.6 cm³/mol. The molecule has 1 heterocycles. The van der Waals surface area contributed by atoms with Gasteiger partial charge in [-0.3, -0.25) is 0 Å². The molecule has 0 bridgehead atoms. The number of nitriles is 1. The number of aryl methyl sites for hydroxylation is 1. The smallest absolute Gasteiger partial charge is 0.102 e. The van der Waals surface area contributed by atoms with Gasteiger partial charge in [0.2, 0.25) is 0 Å². The Bertz CT molecular complexity index is 474. The highest BCUT2D eigenvalue weighted by atomic mass is 16.5. The van der Waals surface area contributed by atoms with E-state index in [2.05, 4.69) is 25.2 Å². The van der Waals surface area contributed by atoms with E-state index in [9.17, 15) is 0 Å². The van der Waals surface area contributed by atoms with Gasteiger partial charge in [0.1, 0.15) is 6.07 Å². The van der Waals surface area contributed by atoms with Crippen LogP contribution in [0.4, 0.5) is 5.69 Å². The highest BCUT2D eigenvalue weighted by Crippen LogP contribution is 2.29. The van der Waals surface area contributed by atoms with Crippen molar-refractivity contribution in [1.82, 2.24) is 0 Å². The standard InChI is InChI=1S/C15H20N2O/c1-11-5-4-6-14(13(11)9-16)17-10-12-7-8-15(2,3)18-12/h4-6,12,17H,7-8,10H2,1-3H3. The summed E-state index contributed by atoms with van der Waals surface area (Å²) < 4.78 is 5.93. The molecule has 0 radical (unpaired) electrons. The summed E-state index contributed by atoms with van der Waals surface area (Å²) in [5.74, 6) is 0. The van der Waals surface area contributed by atoms with E-state index in [1.54, 1.807) is 0 Å². The quantitative estimate of drug-likeness (QED) is 0.887. The van der Waals surface area contributed by atoms with E-state index < -0.39 is 0 Å². The van der Waals surface area contributed by atoms with Gasteiger partial charge in [-0.1, -0.05) is 12.1 Å². The molecule has 1 unspecified atom stereocenters. The summed E-state index contributed by atoms with van der Waals surface area (Å²) >= 11 is 0. The van der Waals surface area contributed by atoms with Crippen molar-refractivity contribution in [3.8, 4) is 6.07 Å². The first-order chi connectivity index (χ1) is 8.52. The molecule has 1 aromatic rings. The van der Waals surface area contributed by atoms with Crippen LogP contribution in [0.2, 0.25) is 0 Å². The lowest BCUT2D eigenvalue weighted by Gasteiger charge is -2.20. The zero-order chi connectivity index (χ0) is 13.2. The van der Waals surface area contributed by atoms with Crippen LogP contribution >= 0.6 is 0 Å². The van der Waals surface area contributed by atoms with Crippen LogP contribution in [0.5, 0.6) is 0 Å². The van der Waals surface area contributed by atoms with Gasteiger partial charge in [0.25, 0.3) is 0 Å². The predicted octanol–water partition coefficient (Wildman–Crippen LogP) is 3.24. The highest BCUT2D eigenvalue weighted by molar-refractivity contribution is 5.60. The van der Waals surface area contributed by atoms with E-state index in [1.807, 2.05) is 25.1 Å². The van der Waals surface area contributed by atoms with Gasteiger partial charge in [0, 0.05) is 6.54 Å². The molecule has 3 heteroatoms. The summed E-state index contributed by atoms with van der Waals surface area (Å²) in [5.41, 5.74) is 2.65. The van der Waals surface area contributed by atoms with Crippen LogP contribution in [-0.4, -0.2) is 18.2 Å². The van der Waals surface area contributed by atoms with E-state index in [0.29, 0.717) is 0 Å². The van der Waals surface area contributed by atoms with Crippen molar-refractivity contribution in [3.63, 3.8) is 0 Å². The molecule has 1 atom stereocenters. The number of nitrogens with one attached hydrogen (secondary N) is 1. The molecule has 96 valence electrons. The van der Waals surface area contributed by atoms with E-state index >= 15 is 0 Å². The van der Waals surface area contributed by atoms with Crippen molar-refractivity contribution in [2.45, 2.75) is 45.3 Å². The van der Waals surface area contributed by atoms with Gasteiger partial charge in [0.05, 0.1) is 23.0 Å². The molecule has 1 aliphatic rings. The lowest BCUT2D eigenvalue weighted by atomic mass is 10.1. The Labute approximate surface area is 109 Å². The Balaban J connectivity index is 2.00. The third kappa shape index (κ3) is 2.83. The zero-order valence-corrected chi connectivity index (χ0v) is 11.3. The molecule has 0 aliphatic carbocycles. The van der Waals surface area contributed by atoms with Gasteiger partial charge in [-0.15, -0.1) is 0 Å². The van der Waals surface area contributed by atoms with Crippen molar-refractivity contribution < 1.29 is 4.74 Å². The lowest BCUT2D eigenvalue weighted by molar-refractivity contribution is -0.00911. The summed E-state index contributed by atoms with van der Waals surface area (Å²) in [4.78, 5) is 0. The number of nitrogens with zero attached hydrogens (tertiary/aromatic N) is 1. The Hall–Kier alpha value is -1.53. The minimum absolute atomic E-state index is 0.00297. The molecule has 0 amide bonds. The molecular formula is C15H20N2O. The van der Waals surface area contributed by atoms with Crippen LogP contribution in [0.3, 0.4) is 0 Å².